The number of nitrogens with zero attached hydrogens (tertiary/aromatic N) is 2. The molecule has 12 aromatic carbocycles. The smallest absolute Gasteiger partial charge is 0.0540 e. The van der Waals surface area contributed by atoms with Gasteiger partial charge in [0.15, 0.2) is 0 Å². The Kier molecular flexibility index (Phi) is 15.5. The third-order valence-electron chi connectivity index (χ3n) is 18.5. The van der Waals surface area contributed by atoms with Crippen LogP contribution in [0.3, 0.4) is 0 Å². The predicted molar refractivity (Wildman–Crippen MR) is 394 cm³/mol. The van der Waals surface area contributed by atoms with E-state index >= 15 is 0 Å². The Bertz CT molecular complexity index is 4190. The van der Waals surface area contributed by atoms with Crippen LogP contribution in [0.2, 0.25) is 0 Å². The van der Waals surface area contributed by atoms with Crippen molar-refractivity contribution in [1.29, 1.82) is 0 Å². The molecule has 2 heteroatoms. The monoisotopic (exact) mass is 1180 g/mol. The first-order chi connectivity index (χ1) is 42.3. The summed E-state index contributed by atoms with van der Waals surface area (Å²) in [4.78, 5) is 5.20. The molecule has 0 N–H and O–H groups in total. The highest BCUT2D eigenvalue weighted by Crippen LogP contribution is 2.51. The zero-order valence-corrected chi connectivity index (χ0v) is 57.4. The standard InChI is InChI=1S/C88H92N2/c1-53-29-54(2)34-63(33-53)67-41-68(64-35-55(3)30-56(4)36-64)44-75(43-67)89(77-49-71(85(9,10)11)47-72(50-77)86(12,13)14)81-27-23-61-22-26-80-82(28-24-62-21-25-79(81)83(61)84(62)80)90(78-51-73(87(15,16)17)48-74(52-78)88(18,19)20)76-45-69(65-37-57(5)31-58(6)38-65)42-70(46-76)66-39-59(7)32-60(8)40-66/h21-52H,1-20H3. The fraction of sp³-hybridized carbons (Fsp3) is 0.273. The van der Waals surface area contributed by atoms with Crippen molar-refractivity contribution in [2.24, 2.45) is 0 Å². The van der Waals surface area contributed by atoms with E-state index in [0.717, 1.165) is 34.1 Å². The lowest BCUT2D eigenvalue weighted by atomic mass is 9.80. The Morgan fingerprint density at radius 3 is 0.656 bits per heavy atom. The van der Waals surface area contributed by atoms with Gasteiger partial charge in [0, 0.05) is 33.5 Å². The van der Waals surface area contributed by atoms with E-state index in [4.69, 9.17) is 0 Å². The van der Waals surface area contributed by atoms with E-state index in [1.165, 1.54) is 144 Å². The van der Waals surface area contributed by atoms with Crippen molar-refractivity contribution >= 4 is 66.4 Å². The number of hydrogen-bond acceptors (Lipinski definition) is 2. The summed E-state index contributed by atoms with van der Waals surface area (Å²) in [6.45, 7) is 46.0. The number of rotatable bonds is 10. The number of hydrogen-bond donors (Lipinski definition) is 0. The number of aryl methyl sites for hydroxylation is 8. The maximum Gasteiger partial charge on any atom is 0.0540 e. The number of anilines is 6. The van der Waals surface area contributed by atoms with Crippen LogP contribution in [0.1, 0.15) is 150 Å². The second-order valence-electron chi connectivity index (χ2n) is 30.8. The van der Waals surface area contributed by atoms with Gasteiger partial charge in [-0.2, -0.15) is 0 Å². The van der Waals surface area contributed by atoms with Crippen LogP contribution in [-0.2, 0) is 21.7 Å². The van der Waals surface area contributed by atoms with Gasteiger partial charge in [-0.1, -0.05) is 249 Å². The molecule has 12 aromatic rings. The second-order valence-corrected chi connectivity index (χ2v) is 30.8. The van der Waals surface area contributed by atoms with Crippen molar-refractivity contribution in [2.45, 2.75) is 160 Å². The summed E-state index contributed by atoms with van der Waals surface area (Å²) in [5, 5.41) is 7.36. The molecule has 0 aliphatic carbocycles. The van der Waals surface area contributed by atoms with Crippen LogP contribution < -0.4 is 9.80 Å². The van der Waals surface area contributed by atoms with Crippen LogP contribution in [0.5, 0.6) is 0 Å². The quantitative estimate of drug-likeness (QED) is 0.126. The highest BCUT2D eigenvalue weighted by molar-refractivity contribution is 6.28. The van der Waals surface area contributed by atoms with Gasteiger partial charge in [0.05, 0.1) is 11.4 Å². The highest BCUT2D eigenvalue weighted by Gasteiger charge is 2.29. The predicted octanol–water partition coefficient (Wildman–Crippen LogP) is 25.8. The molecule has 0 aliphatic heterocycles. The van der Waals surface area contributed by atoms with Gasteiger partial charge in [0.2, 0.25) is 0 Å². The Morgan fingerprint density at radius 2 is 0.422 bits per heavy atom. The first kappa shape index (κ1) is 61.5. The summed E-state index contributed by atoms with van der Waals surface area (Å²) in [6, 6.07) is 76.5. The van der Waals surface area contributed by atoms with Crippen LogP contribution in [0.15, 0.2) is 194 Å². The van der Waals surface area contributed by atoms with Crippen molar-refractivity contribution in [1.82, 2.24) is 0 Å². The van der Waals surface area contributed by atoms with E-state index in [1.807, 2.05) is 0 Å². The molecule has 0 aliphatic rings. The SMILES string of the molecule is Cc1cc(C)cc(-c2cc(-c3cc(C)cc(C)c3)cc(N(c3cc(C(C)(C)C)cc(C(C)(C)C)c3)c3ccc4ccc5c(N(c6cc(-c7cc(C)cc(C)c7)cc(-c7cc(C)cc(C)c7)c6)c6cc(C(C)(C)C)cc(C(C)(C)C)c6)ccc6ccc3c4c65)c2)c1. The van der Waals surface area contributed by atoms with E-state index in [0.29, 0.717) is 0 Å². The molecule has 0 spiro atoms. The second kappa shape index (κ2) is 22.6. The molecular weight excluding hydrogens is 1080 g/mol. The van der Waals surface area contributed by atoms with E-state index < -0.39 is 0 Å². The minimum absolute atomic E-state index is 0.115. The molecule has 0 aromatic heterocycles. The third kappa shape index (κ3) is 12.2. The Hall–Kier alpha value is -8.72. The maximum absolute atomic E-state index is 2.60. The molecule has 0 saturated heterocycles. The topological polar surface area (TPSA) is 6.48 Å². The largest absolute Gasteiger partial charge is 0.310 e. The molecular formula is C88H92N2. The summed E-state index contributed by atoms with van der Waals surface area (Å²) in [5.74, 6) is 0. The minimum Gasteiger partial charge on any atom is -0.310 e. The van der Waals surface area contributed by atoms with Gasteiger partial charge >= 0.3 is 0 Å². The lowest BCUT2D eigenvalue weighted by Crippen LogP contribution is -2.19. The summed E-state index contributed by atoms with van der Waals surface area (Å²) < 4.78 is 0. The molecule has 0 radical (unpaired) electrons. The van der Waals surface area contributed by atoms with Gasteiger partial charge in [0.1, 0.15) is 0 Å². The Labute approximate surface area is 538 Å². The van der Waals surface area contributed by atoms with Gasteiger partial charge in [-0.25, -0.2) is 0 Å². The van der Waals surface area contributed by atoms with Crippen LogP contribution in [0, 0.1) is 55.4 Å². The summed E-state index contributed by atoms with van der Waals surface area (Å²) >= 11 is 0. The fourth-order valence-electron chi connectivity index (χ4n) is 13.9. The zero-order chi connectivity index (χ0) is 64.3. The van der Waals surface area contributed by atoms with Crippen molar-refractivity contribution in [3.8, 4) is 44.5 Å². The van der Waals surface area contributed by atoms with Gasteiger partial charge in [-0.3, -0.25) is 0 Å². The first-order valence-electron chi connectivity index (χ1n) is 32.6. The van der Waals surface area contributed by atoms with Crippen LogP contribution in [0.4, 0.5) is 34.1 Å². The molecule has 12 rings (SSSR count). The molecule has 0 atom stereocenters. The van der Waals surface area contributed by atoms with Crippen molar-refractivity contribution in [2.75, 3.05) is 9.80 Å². The molecule has 0 heterocycles. The molecule has 0 bridgehead atoms. The first-order valence-corrected chi connectivity index (χ1v) is 32.6. The van der Waals surface area contributed by atoms with E-state index in [-0.39, 0.29) is 21.7 Å². The van der Waals surface area contributed by atoms with E-state index in [9.17, 15) is 0 Å². The fourth-order valence-corrected chi connectivity index (χ4v) is 13.9. The number of benzene rings is 12. The van der Waals surface area contributed by atoms with E-state index in [2.05, 4.69) is 342 Å². The van der Waals surface area contributed by atoms with Crippen LogP contribution in [0.25, 0.3) is 76.8 Å². The molecule has 2 nitrogen and oxygen atoms in total. The average molecular weight is 1180 g/mol. The normalized spacial score (nSPS) is 12.4. The maximum atomic E-state index is 2.60. The van der Waals surface area contributed by atoms with Crippen LogP contribution >= 0.6 is 0 Å². The highest BCUT2D eigenvalue weighted by atomic mass is 15.2. The molecule has 0 fully saturated rings. The van der Waals surface area contributed by atoms with Crippen molar-refractivity contribution in [3.63, 3.8) is 0 Å². The zero-order valence-electron chi connectivity index (χ0n) is 57.4. The molecule has 454 valence electrons. The lowest BCUT2D eigenvalue weighted by molar-refractivity contribution is 0.568. The molecule has 90 heavy (non-hydrogen) atoms. The lowest BCUT2D eigenvalue weighted by Gasteiger charge is -2.33. The summed E-state index contributed by atoms with van der Waals surface area (Å²) in [5.41, 5.74) is 31.3. The summed E-state index contributed by atoms with van der Waals surface area (Å²) in [7, 11) is 0. The van der Waals surface area contributed by atoms with Crippen molar-refractivity contribution < 1.29 is 0 Å². The third-order valence-corrected chi connectivity index (χ3v) is 18.5. The van der Waals surface area contributed by atoms with Crippen LogP contribution in [-0.4, -0.2) is 0 Å². The summed E-state index contributed by atoms with van der Waals surface area (Å²) in [6.07, 6.45) is 0. The molecule has 0 saturated carbocycles. The minimum atomic E-state index is -0.115. The molecule has 0 unspecified atom stereocenters. The van der Waals surface area contributed by atoms with Gasteiger partial charge in [-0.15, -0.1) is 0 Å². The Morgan fingerprint density at radius 1 is 0.211 bits per heavy atom. The van der Waals surface area contributed by atoms with Gasteiger partial charge in [-0.05, 0) is 238 Å². The Balaban J connectivity index is 1.19. The van der Waals surface area contributed by atoms with Gasteiger partial charge in [0.25, 0.3) is 0 Å². The van der Waals surface area contributed by atoms with Crippen molar-refractivity contribution in [3.05, 3.63) is 261 Å². The van der Waals surface area contributed by atoms with E-state index in [1.54, 1.807) is 0 Å². The molecule has 0 amide bonds. The van der Waals surface area contributed by atoms with Gasteiger partial charge < -0.3 is 9.80 Å². The average Bonchev–Trinajstić information content (AvgIpc) is 0.723.